The van der Waals surface area contributed by atoms with Crippen LogP contribution in [0.4, 0.5) is 10.5 Å². The molecule has 0 radical (unpaired) electrons. The maximum atomic E-state index is 12.7. The number of aryl methyl sites for hydroxylation is 1. The van der Waals surface area contributed by atoms with E-state index < -0.39 is 11.8 Å². The van der Waals surface area contributed by atoms with E-state index in [-0.39, 0.29) is 0 Å². The zero-order valence-electron chi connectivity index (χ0n) is 15.7. The Hall–Kier alpha value is -2.73. The molecular weight excluding hydrogens is 378 g/mol. The number of amides is 1. The van der Waals surface area contributed by atoms with Crippen LogP contribution in [-0.4, -0.2) is 22.7 Å². The zero-order valence-corrected chi connectivity index (χ0v) is 16.4. The molecule has 0 bridgehead atoms. The second kappa shape index (κ2) is 7.72. The number of carbonyl (C=O) groups excluding carboxylic acids is 1. The fourth-order valence-electron chi connectivity index (χ4n) is 3.62. The molecule has 0 saturated heterocycles. The number of amidine groups is 1. The Kier molecular flexibility index (Phi) is 5.13. The number of anilines is 1. The second-order valence-corrected chi connectivity index (χ2v) is 7.57. The largest absolute Gasteiger partial charge is 0.436 e. The minimum Gasteiger partial charge on any atom is -0.362 e. The number of nitrogens with zero attached hydrogens (tertiary/aromatic N) is 2. The number of oxime groups is 1. The lowest BCUT2D eigenvalue weighted by Gasteiger charge is -2.37. The van der Waals surface area contributed by atoms with E-state index in [1.54, 1.807) is 12.1 Å². The summed E-state index contributed by atoms with van der Waals surface area (Å²) < 4.78 is 0. The predicted molar refractivity (Wildman–Crippen MR) is 108 cm³/mol. The summed E-state index contributed by atoms with van der Waals surface area (Å²) >= 11 is 6.01. The van der Waals surface area contributed by atoms with E-state index in [0.717, 1.165) is 43.2 Å². The number of para-hydroxylation sites is 1. The lowest BCUT2D eigenvalue weighted by Crippen LogP contribution is -2.51. The van der Waals surface area contributed by atoms with Gasteiger partial charge in [0.05, 0.1) is 0 Å². The van der Waals surface area contributed by atoms with Crippen molar-refractivity contribution in [3.8, 4) is 0 Å². The average molecular weight is 400 g/mol. The Morgan fingerprint density at radius 1 is 1.14 bits per heavy atom. The molecular formula is C21H22ClN3O3. The van der Waals surface area contributed by atoms with Gasteiger partial charge < -0.3 is 9.68 Å². The number of hydrogen-bond acceptors (Lipinski definition) is 5. The van der Waals surface area contributed by atoms with Gasteiger partial charge >= 0.3 is 6.09 Å². The molecule has 2 aliphatic rings. The fourth-order valence-corrected chi connectivity index (χ4v) is 3.74. The van der Waals surface area contributed by atoms with Gasteiger partial charge in [-0.2, -0.15) is 0 Å². The Morgan fingerprint density at radius 2 is 1.86 bits per heavy atom. The van der Waals surface area contributed by atoms with Crippen molar-refractivity contribution < 1.29 is 14.5 Å². The number of halogens is 1. The molecule has 6 nitrogen and oxygen atoms in total. The summed E-state index contributed by atoms with van der Waals surface area (Å²) in [6.07, 6.45) is 4.01. The minimum absolute atomic E-state index is 0.471. The molecule has 1 fully saturated rings. The molecule has 2 aromatic carbocycles. The third kappa shape index (κ3) is 3.64. The van der Waals surface area contributed by atoms with Gasteiger partial charge in [0.1, 0.15) is 0 Å². The van der Waals surface area contributed by atoms with Gasteiger partial charge in [0, 0.05) is 29.1 Å². The first-order valence-corrected chi connectivity index (χ1v) is 9.82. The molecule has 4 rings (SSSR count). The molecule has 1 saturated carbocycles. The van der Waals surface area contributed by atoms with Crippen molar-refractivity contribution in [1.82, 2.24) is 5.06 Å². The molecule has 28 heavy (non-hydrogen) atoms. The molecule has 2 aromatic rings. The van der Waals surface area contributed by atoms with Gasteiger partial charge in [-0.05, 0) is 55.7 Å². The molecule has 1 aliphatic carbocycles. The smallest absolute Gasteiger partial charge is 0.362 e. The van der Waals surface area contributed by atoms with E-state index >= 15 is 0 Å². The summed E-state index contributed by atoms with van der Waals surface area (Å²) in [7, 11) is 0. The molecule has 0 aromatic heterocycles. The number of benzene rings is 2. The van der Waals surface area contributed by atoms with Gasteiger partial charge in [0.2, 0.25) is 11.6 Å². The van der Waals surface area contributed by atoms with Gasteiger partial charge in [0.25, 0.3) is 0 Å². The van der Waals surface area contributed by atoms with Crippen LogP contribution < -0.4 is 5.32 Å². The monoisotopic (exact) mass is 399 g/mol. The fraction of sp³-hybridized carbons (Fsp3) is 0.333. The Labute approximate surface area is 169 Å². The van der Waals surface area contributed by atoms with Crippen molar-refractivity contribution in [2.24, 2.45) is 5.16 Å². The normalized spacial score (nSPS) is 17.8. The van der Waals surface area contributed by atoms with Gasteiger partial charge in [-0.15, -0.1) is 5.06 Å². The quantitative estimate of drug-likeness (QED) is 0.743. The number of carbonyl (C=O) groups is 1. The second-order valence-electron chi connectivity index (χ2n) is 7.13. The van der Waals surface area contributed by atoms with Crippen molar-refractivity contribution in [3.63, 3.8) is 0 Å². The molecule has 7 heteroatoms. The van der Waals surface area contributed by atoms with Crippen LogP contribution in [0.5, 0.6) is 0 Å². The number of hydroxylamine groups is 2. The van der Waals surface area contributed by atoms with Gasteiger partial charge in [-0.25, -0.2) is 4.79 Å². The highest BCUT2D eigenvalue weighted by Crippen LogP contribution is 2.40. The highest BCUT2D eigenvalue weighted by molar-refractivity contribution is 6.30. The first kappa shape index (κ1) is 18.6. The molecule has 0 unspecified atom stereocenters. The van der Waals surface area contributed by atoms with Crippen LogP contribution in [0, 0.1) is 6.92 Å². The van der Waals surface area contributed by atoms with Crippen molar-refractivity contribution in [1.29, 1.82) is 0 Å². The highest BCUT2D eigenvalue weighted by Gasteiger charge is 2.50. The lowest BCUT2D eigenvalue weighted by atomic mass is 9.91. The van der Waals surface area contributed by atoms with Crippen molar-refractivity contribution >= 4 is 29.2 Å². The summed E-state index contributed by atoms with van der Waals surface area (Å²) in [6.45, 7) is 1.93. The van der Waals surface area contributed by atoms with E-state index in [0.29, 0.717) is 16.5 Å². The molecule has 1 aliphatic heterocycles. The van der Waals surface area contributed by atoms with Crippen molar-refractivity contribution in [2.75, 3.05) is 5.32 Å². The predicted octanol–water partition coefficient (Wildman–Crippen LogP) is 5.47. The van der Waals surface area contributed by atoms with Crippen LogP contribution in [0.25, 0.3) is 0 Å². The van der Waals surface area contributed by atoms with Crippen LogP contribution in [0.1, 0.15) is 43.2 Å². The van der Waals surface area contributed by atoms with Crippen molar-refractivity contribution in [3.05, 3.63) is 64.7 Å². The highest BCUT2D eigenvalue weighted by atomic mass is 35.5. The maximum absolute atomic E-state index is 12.7. The summed E-state index contributed by atoms with van der Waals surface area (Å²) in [4.78, 5) is 24.3. The van der Waals surface area contributed by atoms with E-state index in [1.165, 1.54) is 5.06 Å². The Bertz CT molecular complexity index is 892. The molecule has 0 atom stereocenters. The molecule has 1 N–H and O–H groups in total. The maximum Gasteiger partial charge on any atom is 0.436 e. The van der Waals surface area contributed by atoms with Gasteiger partial charge in [-0.3, -0.25) is 5.32 Å². The van der Waals surface area contributed by atoms with Crippen LogP contribution >= 0.6 is 11.6 Å². The third-order valence-corrected chi connectivity index (χ3v) is 5.41. The Morgan fingerprint density at radius 3 is 2.57 bits per heavy atom. The standard InChI is InChI=1S/C21H22ClN3O3/c1-15-7-3-4-8-18(15)23-20(26)27-25-19(16-9-11-17(22)12-10-16)24-28-21(25)13-5-2-6-14-21/h3-4,7-12H,2,5-6,13-14H2,1H3,(H,23,26). The summed E-state index contributed by atoms with van der Waals surface area (Å²) in [6, 6.07) is 14.8. The lowest BCUT2D eigenvalue weighted by molar-refractivity contribution is -0.224. The topological polar surface area (TPSA) is 63.2 Å². The van der Waals surface area contributed by atoms with E-state index in [4.69, 9.17) is 21.3 Å². The van der Waals surface area contributed by atoms with E-state index in [2.05, 4.69) is 10.5 Å². The summed E-state index contributed by atoms with van der Waals surface area (Å²) in [5, 5.41) is 9.23. The number of rotatable bonds is 3. The van der Waals surface area contributed by atoms with Crippen molar-refractivity contribution in [2.45, 2.75) is 44.8 Å². The van der Waals surface area contributed by atoms with Crippen LogP contribution in [-0.2, 0) is 9.68 Å². The average Bonchev–Trinajstić information content (AvgIpc) is 3.02. The van der Waals surface area contributed by atoms with E-state index in [9.17, 15) is 4.79 Å². The first-order valence-electron chi connectivity index (χ1n) is 9.44. The van der Waals surface area contributed by atoms with Crippen LogP contribution in [0.2, 0.25) is 5.02 Å². The van der Waals surface area contributed by atoms with Gasteiger partial charge in [0.15, 0.2) is 0 Å². The SMILES string of the molecule is Cc1ccccc1NC(=O)ON1C(c2ccc(Cl)cc2)=NOC12CCCCC2. The molecule has 146 valence electrons. The van der Waals surface area contributed by atoms with Crippen LogP contribution in [0.15, 0.2) is 53.7 Å². The number of nitrogens with one attached hydrogen (secondary N) is 1. The van der Waals surface area contributed by atoms with E-state index in [1.807, 2.05) is 43.3 Å². The Balaban J connectivity index is 1.58. The first-order chi connectivity index (χ1) is 13.6. The molecule has 1 spiro atoms. The van der Waals surface area contributed by atoms with Gasteiger partial charge in [-0.1, -0.05) is 41.4 Å². The summed E-state index contributed by atoms with van der Waals surface area (Å²) in [5.41, 5.74) is 1.68. The zero-order chi connectivity index (χ0) is 19.6. The third-order valence-electron chi connectivity index (χ3n) is 5.16. The minimum atomic E-state index is -0.754. The summed E-state index contributed by atoms with van der Waals surface area (Å²) in [5.74, 6) is 0.471. The van der Waals surface area contributed by atoms with Crippen LogP contribution in [0.3, 0.4) is 0 Å². The molecule has 1 heterocycles. The molecule has 1 amide bonds. The number of hydrogen-bond donors (Lipinski definition) is 1.